The van der Waals surface area contributed by atoms with E-state index in [1.54, 1.807) is 7.11 Å². The predicted molar refractivity (Wildman–Crippen MR) is 130 cm³/mol. The maximum Gasteiger partial charge on any atom is 0.229 e. The third kappa shape index (κ3) is 5.25. The lowest BCUT2D eigenvalue weighted by molar-refractivity contribution is -0.123. The van der Waals surface area contributed by atoms with Crippen LogP contribution < -0.4 is 15.0 Å². The van der Waals surface area contributed by atoms with E-state index in [-0.39, 0.29) is 5.91 Å². The molecule has 1 amide bonds. The van der Waals surface area contributed by atoms with Crippen LogP contribution >= 0.6 is 0 Å². The minimum atomic E-state index is -0.430. The van der Waals surface area contributed by atoms with Crippen molar-refractivity contribution in [2.45, 2.75) is 71.8 Å². The van der Waals surface area contributed by atoms with Crippen molar-refractivity contribution >= 4 is 17.4 Å². The van der Waals surface area contributed by atoms with E-state index >= 15 is 0 Å². The molecule has 2 aromatic rings. The Morgan fingerprint density at radius 3 is 2.69 bits per heavy atom. The highest BCUT2D eigenvalue weighted by Gasteiger charge is 2.33. The largest absolute Gasteiger partial charge is 0.497 e. The van der Waals surface area contributed by atoms with Crippen LogP contribution in [0.15, 0.2) is 36.5 Å². The first kappa shape index (κ1) is 22.6. The van der Waals surface area contributed by atoms with Gasteiger partial charge in [-0.3, -0.25) is 4.79 Å². The molecule has 1 aromatic heterocycles. The van der Waals surface area contributed by atoms with Gasteiger partial charge in [-0.25, -0.2) is 4.98 Å². The summed E-state index contributed by atoms with van der Waals surface area (Å²) < 4.78 is 5.44. The fourth-order valence-corrected chi connectivity index (χ4v) is 4.97. The molecule has 1 saturated carbocycles. The number of carbonyl (C=O) groups excluding carboxylic acids is 1. The lowest BCUT2D eigenvalue weighted by atomic mass is 9.88. The Morgan fingerprint density at radius 1 is 1.19 bits per heavy atom. The van der Waals surface area contributed by atoms with Gasteiger partial charge in [0.1, 0.15) is 11.6 Å². The zero-order chi connectivity index (χ0) is 22.7. The van der Waals surface area contributed by atoms with E-state index in [0.717, 1.165) is 42.6 Å². The first-order valence-electron chi connectivity index (χ1n) is 12.0. The summed E-state index contributed by atoms with van der Waals surface area (Å²) in [5.74, 6) is 2.76. The number of hydrogen-bond donors (Lipinski definition) is 1. The Bertz CT molecular complexity index is 944. The smallest absolute Gasteiger partial charge is 0.229 e. The average Bonchev–Trinajstić information content (AvgIpc) is 3.10. The maximum atomic E-state index is 12.5. The van der Waals surface area contributed by atoms with Crippen LogP contribution in [0.2, 0.25) is 0 Å². The minimum absolute atomic E-state index is 0.0178. The van der Waals surface area contributed by atoms with Crippen molar-refractivity contribution in [3.63, 3.8) is 0 Å². The number of ether oxygens (including phenoxy) is 1. The van der Waals surface area contributed by atoms with Crippen molar-refractivity contribution in [1.82, 2.24) is 4.98 Å². The molecule has 0 saturated heterocycles. The number of nitrogens with one attached hydrogen (secondary N) is 1. The molecular formula is C27H37N3O2. The van der Waals surface area contributed by atoms with Crippen LogP contribution in [-0.2, 0) is 17.6 Å². The number of hydrogen-bond acceptors (Lipinski definition) is 4. The summed E-state index contributed by atoms with van der Waals surface area (Å²) >= 11 is 0. The third-order valence-electron chi connectivity index (χ3n) is 6.84. The molecule has 5 heteroatoms. The predicted octanol–water partition coefficient (Wildman–Crippen LogP) is 5.63. The summed E-state index contributed by atoms with van der Waals surface area (Å²) in [5, 5.41) is 3.05. The van der Waals surface area contributed by atoms with Crippen molar-refractivity contribution in [3.05, 3.63) is 47.7 Å². The highest BCUT2D eigenvalue weighted by molar-refractivity contribution is 5.94. The number of amides is 1. The van der Waals surface area contributed by atoms with E-state index in [1.807, 2.05) is 33.0 Å². The molecule has 4 rings (SSSR count). The van der Waals surface area contributed by atoms with E-state index in [1.165, 1.54) is 43.2 Å². The van der Waals surface area contributed by atoms with Gasteiger partial charge in [0.2, 0.25) is 5.91 Å². The van der Waals surface area contributed by atoms with Crippen LogP contribution in [0, 0.1) is 11.3 Å². The third-order valence-corrected chi connectivity index (χ3v) is 6.84. The molecule has 1 aromatic carbocycles. The first-order chi connectivity index (χ1) is 15.3. The molecule has 0 radical (unpaired) electrons. The molecule has 2 aliphatic rings. The van der Waals surface area contributed by atoms with Crippen molar-refractivity contribution < 1.29 is 9.53 Å². The van der Waals surface area contributed by atoms with Gasteiger partial charge in [0.05, 0.1) is 19.0 Å². The summed E-state index contributed by atoms with van der Waals surface area (Å²) in [6, 6.07) is 10.9. The van der Waals surface area contributed by atoms with Gasteiger partial charge in [0.25, 0.3) is 0 Å². The molecule has 1 atom stereocenters. The van der Waals surface area contributed by atoms with Gasteiger partial charge in [0, 0.05) is 18.0 Å². The van der Waals surface area contributed by atoms with E-state index in [4.69, 9.17) is 9.72 Å². The molecule has 0 spiro atoms. The fraction of sp³-hybridized carbons (Fsp3) is 0.556. The lowest BCUT2D eigenvalue weighted by Gasteiger charge is -2.32. The average molecular weight is 436 g/mol. The number of carbonyl (C=O) groups is 1. The summed E-state index contributed by atoms with van der Waals surface area (Å²) in [7, 11) is 1.72. The minimum Gasteiger partial charge on any atom is -0.497 e. The molecule has 1 aliphatic carbocycles. The Kier molecular flexibility index (Phi) is 6.73. The number of anilines is 2. The van der Waals surface area contributed by atoms with Gasteiger partial charge in [-0.05, 0) is 60.9 Å². The second-order valence-electron chi connectivity index (χ2n) is 10.5. The van der Waals surface area contributed by atoms with Crippen LogP contribution in [0.25, 0.3) is 0 Å². The zero-order valence-electron chi connectivity index (χ0n) is 20.0. The van der Waals surface area contributed by atoms with Crippen molar-refractivity contribution in [1.29, 1.82) is 0 Å². The summed E-state index contributed by atoms with van der Waals surface area (Å²) in [6.07, 6.45) is 10.4. The van der Waals surface area contributed by atoms with Crippen LogP contribution in [0.5, 0.6) is 5.75 Å². The first-order valence-corrected chi connectivity index (χ1v) is 12.0. The Morgan fingerprint density at radius 2 is 1.97 bits per heavy atom. The number of benzene rings is 1. The van der Waals surface area contributed by atoms with Crippen molar-refractivity contribution in [3.8, 4) is 5.75 Å². The fourth-order valence-electron chi connectivity index (χ4n) is 4.97. The molecule has 0 bridgehead atoms. The second kappa shape index (κ2) is 9.51. The van der Waals surface area contributed by atoms with E-state index in [9.17, 15) is 4.79 Å². The molecule has 1 N–H and O–H groups in total. The zero-order valence-corrected chi connectivity index (χ0v) is 20.0. The van der Waals surface area contributed by atoms with Gasteiger partial charge in [0.15, 0.2) is 0 Å². The number of pyridine rings is 1. The highest BCUT2D eigenvalue weighted by atomic mass is 16.5. The number of rotatable bonds is 6. The summed E-state index contributed by atoms with van der Waals surface area (Å²) in [6.45, 7) is 6.86. The normalized spacial score (nSPS) is 19.0. The molecule has 2 heterocycles. The molecule has 1 unspecified atom stereocenters. The number of nitrogens with zero attached hydrogens (tertiary/aromatic N) is 2. The summed E-state index contributed by atoms with van der Waals surface area (Å²) in [5.41, 5.74) is 2.89. The maximum absolute atomic E-state index is 12.5. The molecule has 1 aliphatic heterocycles. The highest BCUT2D eigenvalue weighted by Crippen LogP contribution is 2.36. The molecule has 32 heavy (non-hydrogen) atoms. The van der Waals surface area contributed by atoms with Gasteiger partial charge < -0.3 is 15.0 Å². The number of aromatic nitrogens is 1. The number of fused-ring (bicyclic) bond motifs is 1. The van der Waals surface area contributed by atoms with Gasteiger partial charge in [-0.1, -0.05) is 52.2 Å². The Labute approximate surface area is 192 Å². The van der Waals surface area contributed by atoms with Crippen LogP contribution in [0.1, 0.15) is 64.0 Å². The lowest BCUT2D eigenvalue weighted by Crippen LogP contribution is -2.38. The monoisotopic (exact) mass is 435 g/mol. The molecule has 172 valence electrons. The van der Waals surface area contributed by atoms with Crippen molar-refractivity contribution in [2.24, 2.45) is 11.3 Å². The van der Waals surface area contributed by atoms with Gasteiger partial charge >= 0.3 is 0 Å². The SMILES string of the molecule is COc1cccc(CC2Cc3cc(NC(=O)C(C)(C)C)cnc3N2CC2CCCCC2)c1. The molecule has 5 nitrogen and oxygen atoms in total. The number of methoxy groups -OCH3 is 1. The van der Waals surface area contributed by atoms with E-state index < -0.39 is 5.41 Å². The summed E-state index contributed by atoms with van der Waals surface area (Å²) in [4.78, 5) is 19.9. The quantitative estimate of drug-likeness (QED) is 0.639. The van der Waals surface area contributed by atoms with Gasteiger partial charge in [-0.15, -0.1) is 0 Å². The topological polar surface area (TPSA) is 54.5 Å². The molecular weight excluding hydrogens is 398 g/mol. The standard InChI is InChI=1S/C27H37N3O2/c1-27(2,3)26(31)29-22-15-21-16-23(13-20-11-8-12-24(14-20)32-4)30(25(21)28-17-22)18-19-9-6-5-7-10-19/h8,11-12,14-15,17,19,23H,5-7,9-10,13,16,18H2,1-4H3,(H,29,31). The van der Waals surface area contributed by atoms with E-state index in [0.29, 0.717) is 6.04 Å². The Balaban J connectivity index is 1.57. The van der Waals surface area contributed by atoms with Crippen LogP contribution in [0.3, 0.4) is 0 Å². The van der Waals surface area contributed by atoms with Crippen LogP contribution in [0.4, 0.5) is 11.5 Å². The van der Waals surface area contributed by atoms with Gasteiger partial charge in [-0.2, -0.15) is 0 Å². The van der Waals surface area contributed by atoms with Crippen LogP contribution in [-0.4, -0.2) is 30.6 Å². The van der Waals surface area contributed by atoms with Crippen molar-refractivity contribution in [2.75, 3.05) is 23.9 Å². The Hall–Kier alpha value is -2.56. The second-order valence-corrected chi connectivity index (χ2v) is 10.5. The van der Waals surface area contributed by atoms with E-state index in [2.05, 4.69) is 34.5 Å². The molecule has 1 fully saturated rings.